The van der Waals surface area contributed by atoms with Gasteiger partial charge in [0.25, 0.3) is 0 Å². The van der Waals surface area contributed by atoms with E-state index in [0.29, 0.717) is 0 Å². The van der Waals surface area contributed by atoms with E-state index in [4.69, 9.17) is 4.98 Å². The van der Waals surface area contributed by atoms with Crippen molar-refractivity contribution in [1.82, 2.24) is 4.98 Å². The molecule has 21 heavy (non-hydrogen) atoms. The highest BCUT2D eigenvalue weighted by atomic mass is 16.3. The second-order valence-electron chi connectivity index (χ2n) is 7.35. The number of hydrogen-bond acceptors (Lipinski definition) is 3. The predicted molar refractivity (Wildman–Crippen MR) is 88.7 cm³/mol. The summed E-state index contributed by atoms with van der Waals surface area (Å²) < 4.78 is 0. The molecule has 0 aliphatic carbocycles. The van der Waals surface area contributed by atoms with E-state index < -0.39 is 0 Å². The Balaban J connectivity index is 2.16. The molecule has 3 heteroatoms. The maximum Gasteiger partial charge on any atom is 0.129 e. The summed E-state index contributed by atoms with van der Waals surface area (Å²) >= 11 is 0. The normalized spacial score (nSPS) is 17.3. The zero-order chi connectivity index (χ0) is 15.5. The Labute approximate surface area is 129 Å². The SMILES string of the molecule is CCCC1CCN(c2cc(CO)cc(C(C)(C)C)n2)CC1. The summed E-state index contributed by atoms with van der Waals surface area (Å²) in [5, 5.41) is 9.52. The van der Waals surface area contributed by atoms with Gasteiger partial charge in [-0.25, -0.2) is 4.98 Å². The molecule has 0 atom stereocenters. The molecule has 1 aliphatic heterocycles. The molecule has 2 rings (SSSR count). The van der Waals surface area contributed by atoms with Crippen LogP contribution in [-0.4, -0.2) is 23.2 Å². The Bertz CT molecular complexity index is 457. The van der Waals surface area contributed by atoms with Crippen molar-refractivity contribution < 1.29 is 5.11 Å². The summed E-state index contributed by atoms with van der Waals surface area (Å²) in [6.07, 6.45) is 5.18. The highest BCUT2D eigenvalue weighted by Gasteiger charge is 2.22. The summed E-state index contributed by atoms with van der Waals surface area (Å²) in [5.41, 5.74) is 2.06. The molecule has 0 saturated carbocycles. The van der Waals surface area contributed by atoms with Gasteiger partial charge in [-0.15, -0.1) is 0 Å². The van der Waals surface area contributed by atoms with Gasteiger partial charge in [0.1, 0.15) is 5.82 Å². The maximum absolute atomic E-state index is 9.52. The van der Waals surface area contributed by atoms with E-state index >= 15 is 0 Å². The van der Waals surface area contributed by atoms with Crippen molar-refractivity contribution in [3.63, 3.8) is 0 Å². The van der Waals surface area contributed by atoms with Crippen molar-refractivity contribution >= 4 is 5.82 Å². The third-order valence-corrected chi connectivity index (χ3v) is 4.46. The van der Waals surface area contributed by atoms with Gasteiger partial charge in [-0.2, -0.15) is 0 Å². The third kappa shape index (κ3) is 4.19. The molecule has 2 heterocycles. The Morgan fingerprint density at radius 1 is 1.24 bits per heavy atom. The molecule has 1 fully saturated rings. The monoisotopic (exact) mass is 290 g/mol. The van der Waals surface area contributed by atoms with Gasteiger partial charge in [0.2, 0.25) is 0 Å². The van der Waals surface area contributed by atoms with E-state index in [0.717, 1.165) is 36.1 Å². The van der Waals surface area contributed by atoms with Crippen molar-refractivity contribution in [3.8, 4) is 0 Å². The number of rotatable bonds is 4. The van der Waals surface area contributed by atoms with E-state index in [1.54, 1.807) is 0 Å². The molecule has 0 amide bonds. The van der Waals surface area contributed by atoms with Gasteiger partial charge < -0.3 is 10.0 Å². The van der Waals surface area contributed by atoms with Crippen LogP contribution in [0.2, 0.25) is 0 Å². The molecule has 1 aromatic heterocycles. The largest absolute Gasteiger partial charge is 0.392 e. The molecular weight excluding hydrogens is 260 g/mol. The fourth-order valence-corrected chi connectivity index (χ4v) is 3.07. The van der Waals surface area contributed by atoms with E-state index in [9.17, 15) is 5.11 Å². The Morgan fingerprint density at radius 2 is 1.90 bits per heavy atom. The number of aliphatic hydroxyl groups is 1. The van der Waals surface area contributed by atoms with Gasteiger partial charge >= 0.3 is 0 Å². The first-order valence-electron chi connectivity index (χ1n) is 8.31. The lowest BCUT2D eigenvalue weighted by molar-refractivity contribution is 0.281. The Hall–Kier alpha value is -1.09. The topological polar surface area (TPSA) is 36.4 Å². The molecule has 0 spiro atoms. The Kier molecular flexibility index (Phi) is 5.26. The first-order chi connectivity index (χ1) is 9.94. The van der Waals surface area contributed by atoms with Crippen LogP contribution in [0.4, 0.5) is 5.82 Å². The molecular formula is C18H30N2O. The lowest BCUT2D eigenvalue weighted by Crippen LogP contribution is -2.34. The zero-order valence-electron chi connectivity index (χ0n) is 14.0. The molecule has 1 aliphatic rings. The number of aromatic nitrogens is 1. The van der Waals surface area contributed by atoms with Crippen molar-refractivity contribution in [2.24, 2.45) is 5.92 Å². The average molecular weight is 290 g/mol. The minimum Gasteiger partial charge on any atom is -0.392 e. The van der Waals surface area contributed by atoms with Crippen LogP contribution in [0.1, 0.15) is 64.6 Å². The molecule has 0 radical (unpaired) electrons. The predicted octanol–water partition coefficient (Wildman–Crippen LogP) is 3.89. The van der Waals surface area contributed by atoms with Crippen LogP contribution < -0.4 is 4.90 Å². The molecule has 0 aromatic carbocycles. The summed E-state index contributed by atoms with van der Waals surface area (Å²) in [5.74, 6) is 1.93. The van der Waals surface area contributed by atoms with Gasteiger partial charge in [0.05, 0.1) is 6.61 Å². The van der Waals surface area contributed by atoms with E-state index in [1.165, 1.54) is 25.7 Å². The zero-order valence-corrected chi connectivity index (χ0v) is 14.0. The van der Waals surface area contributed by atoms with Gasteiger partial charge in [-0.3, -0.25) is 0 Å². The second kappa shape index (κ2) is 6.78. The highest BCUT2D eigenvalue weighted by Crippen LogP contribution is 2.28. The van der Waals surface area contributed by atoms with Crippen LogP contribution in [0.25, 0.3) is 0 Å². The number of nitrogens with zero attached hydrogens (tertiary/aromatic N) is 2. The molecule has 0 unspecified atom stereocenters. The smallest absolute Gasteiger partial charge is 0.129 e. The van der Waals surface area contributed by atoms with E-state index in [1.807, 2.05) is 6.07 Å². The molecule has 0 bridgehead atoms. The fraction of sp³-hybridized carbons (Fsp3) is 0.722. The number of anilines is 1. The summed E-state index contributed by atoms with van der Waals surface area (Å²) in [4.78, 5) is 7.25. The van der Waals surface area contributed by atoms with Crippen molar-refractivity contribution in [1.29, 1.82) is 0 Å². The van der Waals surface area contributed by atoms with Gasteiger partial charge in [-0.05, 0) is 36.5 Å². The van der Waals surface area contributed by atoms with Crippen LogP contribution in [0, 0.1) is 5.92 Å². The molecule has 1 N–H and O–H groups in total. The van der Waals surface area contributed by atoms with Crippen LogP contribution in [-0.2, 0) is 12.0 Å². The first kappa shape index (κ1) is 16.3. The van der Waals surface area contributed by atoms with Crippen molar-refractivity contribution in [2.75, 3.05) is 18.0 Å². The second-order valence-corrected chi connectivity index (χ2v) is 7.35. The quantitative estimate of drug-likeness (QED) is 0.914. The lowest BCUT2D eigenvalue weighted by Gasteiger charge is -2.33. The standard InChI is InChI=1S/C18H30N2O/c1-5-6-14-7-9-20(10-8-14)17-12-15(13-21)11-16(19-17)18(2,3)4/h11-12,14,21H,5-10,13H2,1-4H3. The highest BCUT2D eigenvalue weighted by molar-refractivity contribution is 5.44. The first-order valence-corrected chi connectivity index (χ1v) is 8.31. The van der Waals surface area contributed by atoms with Crippen LogP contribution in [0.3, 0.4) is 0 Å². The molecule has 1 saturated heterocycles. The minimum absolute atomic E-state index is 0.0143. The third-order valence-electron chi connectivity index (χ3n) is 4.46. The summed E-state index contributed by atoms with van der Waals surface area (Å²) in [6.45, 7) is 11.1. The van der Waals surface area contributed by atoms with Gasteiger partial charge in [-0.1, -0.05) is 40.5 Å². The van der Waals surface area contributed by atoms with Crippen LogP contribution in [0.15, 0.2) is 12.1 Å². The molecule has 1 aromatic rings. The van der Waals surface area contributed by atoms with Crippen molar-refractivity contribution in [3.05, 3.63) is 23.4 Å². The summed E-state index contributed by atoms with van der Waals surface area (Å²) in [7, 11) is 0. The number of hydrogen-bond donors (Lipinski definition) is 1. The maximum atomic E-state index is 9.52. The van der Waals surface area contributed by atoms with E-state index in [-0.39, 0.29) is 12.0 Å². The van der Waals surface area contributed by atoms with Crippen LogP contribution >= 0.6 is 0 Å². The molecule has 3 nitrogen and oxygen atoms in total. The Morgan fingerprint density at radius 3 is 2.43 bits per heavy atom. The van der Waals surface area contributed by atoms with E-state index in [2.05, 4.69) is 38.7 Å². The average Bonchev–Trinajstić information content (AvgIpc) is 2.47. The van der Waals surface area contributed by atoms with Gasteiger partial charge in [0, 0.05) is 24.2 Å². The number of pyridine rings is 1. The lowest BCUT2D eigenvalue weighted by atomic mass is 9.90. The van der Waals surface area contributed by atoms with Gasteiger partial charge in [0.15, 0.2) is 0 Å². The van der Waals surface area contributed by atoms with Crippen LogP contribution in [0.5, 0.6) is 0 Å². The molecule has 118 valence electrons. The number of piperidine rings is 1. The van der Waals surface area contributed by atoms with Crippen molar-refractivity contribution in [2.45, 2.75) is 65.4 Å². The summed E-state index contributed by atoms with van der Waals surface area (Å²) in [6, 6.07) is 4.09. The number of aliphatic hydroxyl groups excluding tert-OH is 1. The minimum atomic E-state index is 0.0143. The fourth-order valence-electron chi connectivity index (χ4n) is 3.07.